The lowest BCUT2D eigenvalue weighted by Gasteiger charge is -2.06. The molecule has 2 aromatic rings. The molecule has 0 aliphatic carbocycles. The number of amides is 1. The van der Waals surface area contributed by atoms with E-state index in [1.165, 1.54) is 6.21 Å². The van der Waals surface area contributed by atoms with E-state index in [-0.39, 0.29) is 12.5 Å². The van der Waals surface area contributed by atoms with Crippen molar-refractivity contribution in [1.82, 2.24) is 15.2 Å². The first-order chi connectivity index (χ1) is 11.0. The van der Waals surface area contributed by atoms with Crippen LogP contribution in [0.5, 0.6) is 11.5 Å². The molecule has 7 heteroatoms. The number of hydrogen-bond donors (Lipinski definition) is 1. The Bertz CT molecular complexity index is 700. The highest BCUT2D eigenvalue weighted by molar-refractivity contribution is 5.83. The highest BCUT2D eigenvalue weighted by Gasteiger charge is 2.06. The molecule has 23 heavy (non-hydrogen) atoms. The van der Waals surface area contributed by atoms with Crippen LogP contribution in [-0.2, 0) is 11.3 Å². The summed E-state index contributed by atoms with van der Waals surface area (Å²) in [6.45, 7) is 3.91. The molecule has 0 atom stereocenters. The lowest BCUT2D eigenvalue weighted by atomic mass is 10.2. The predicted octanol–water partition coefficient (Wildman–Crippen LogP) is 1.67. The fourth-order valence-corrected chi connectivity index (χ4v) is 2.09. The Morgan fingerprint density at radius 1 is 1.22 bits per heavy atom. The summed E-state index contributed by atoms with van der Waals surface area (Å²) < 4.78 is 12.0. The minimum Gasteiger partial charge on any atom is -0.497 e. The maximum Gasteiger partial charge on any atom is 0.261 e. The number of nitrogens with zero attached hydrogens (tertiary/aromatic N) is 3. The van der Waals surface area contributed by atoms with Crippen molar-refractivity contribution >= 4 is 12.1 Å². The van der Waals surface area contributed by atoms with E-state index in [0.717, 1.165) is 17.0 Å². The molecule has 1 aromatic carbocycles. The van der Waals surface area contributed by atoms with E-state index >= 15 is 0 Å². The van der Waals surface area contributed by atoms with Crippen LogP contribution in [0.2, 0.25) is 0 Å². The van der Waals surface area contributed by atoms with Crippen LogP contribution in [0.1, 0.15) is 17.0 Å². The van der Waals surface area contributed by atoms with E-state index in [9.17, 15) is 4.79 Å². The second-order valence-electron chi connectivity index (χ2n) is 5.02. The van der Waals surface area contributed by atoms with Crippen LogP contribution < -0.4 is 14.9 Å². The van der Waals surface area contributed by atoms with Crippen LogP contribution in [0.25, 0.3) is 0 Å². The molecule has 0 spiro atoms. The SMILES string of the molecule is COc1cc(/C=N/NC(=O)Cn2nc(C)cc2C)cc(OC)c1. The maximum atomic E-state index is 11.9. The second kappa shape index (κ2) is 7.44. The summed E-state index contributed by atoms with van der Waals surface area (Å²) in [7, 11) is 3.15. The quantitative estimate of drug-likeness (QED) is 0.649. The Morgan fingerprint density at radius 2 is 1.87 bits per heavy atom. The van der Waals surface area contributed by atoms with E-state index < -0.39 is 0 Å². The predicted molar refractivity (Wildman–Crippen MR) is 87.0 cm³/mol. The van der Waals surface area contributed by atoms with Gasteiger partial charge in [0.15, 0.2) is 0 Å². The smallest absolute Gasteiger partial charge is 0.261 e. The summed E-state index contributed by atoms with van der Waals surface area (Å²) in [6.07, 6.45) is 1.53. The Kier molecular flexibility index (Phi) is 5.35. The monoisotopic (exact) mass is 316 g/mol. The molecule has 1 N–H and O–H groups in total. The number of methoxy groups -OCH3 is 2. The van der Waals surface area contributed by atoms with Crippen LogP contribution in [0.3, 0.4) is 0 Å². The molecule has 2 rings (SSSR count). The molecule has 0 bridgehead atoms. The molecule has 0 radical (unpaired) electrons. The number of hydrogen-bond acceptors (Lipinski definition) is 5. The molecule has 7 nitrogen and oxygen atoms in total. The van der Waals surface area contributed by atoms with Crippen LogP contribution >= 0.6 is 0 Å². The van der Waals surface area contributed by atoms with Crippen molar-refractivity contribution in [3.05, 3.63) is 41.2 Å². The van der Waals surface area contributed by atoms with E-state index in [2.05, 4.69) is 15.6 Å². The number of benzene rings is 1. The first-order valence-corrected chi connectivity index (χ1v) is 7.08. The molecule has 122 valence electrons. The lowest BCUT2D eigenvalue weighted by molar-refractivity contribution is -0.121. The van der Waals surface area contributed by atoms with Crippen molar-refractivity contribution < 1.29 is 14.3 Å². The fraction of sp³-hybridized carbons (Fsp3) is 0.312. The summed E-state index contributed by atoms with van der Waals surface area (Å²) in [5.74, 6) is 1.06. The van der Waals surface area contributed by atoms with Gasteiger partial charge >= 0.3 is 0 Å². The largest absolute Gasteiger partial charge is 0.497 e. The zero-order valence-electron chi connectivity index (χ0n) is 13.7. The van der Waals surface area contributed by atoms with Gasteiger partial charge in [-0.05, 0) is 32.0 Å². The van der Waals surface area contributed by atoms with Gasteiger partial charge in [0.05, 0.1) is 26.1 Å². The molecule has 0 fully saturated rings. The third-order valence-electron chi connectivity index (χ3n) is 3.17. The number of nitrogens with one attached hydrogen (secondary N) is 1. The first-order valence-electron chi connectivity index (χ1n) is 7.08. The normalized spacial score (nSPS) is 10.8. The summed E-state index contributed by atoms with van der Waals surface area (Å²) in [4.78, 5) is 11.9. The number of carbonyl (C=O) groups is 1. The van der Waals surface area contributed by atoms with Gasteiger partial charge in [-0.3, -0.25) is 9.48 Å². The van der Waals surface area contributed by atoms with Crippen molar-refractivity contribution in [3.63, 3.8) is 0 Å². The molecule has 0 saturated heterocycles. The van der Waals surface area contributed by atoms with E-state index in [4.69, 9.17) is 9.47 Å². The number of ether oxygens (including phenoxy) is 2. The molecule has 0 saturated carbocycles. The van der Waals surface area contributed by atoms with Crippen LogP contribution in [0, 0.1) is 13.8 Å². The molecule has 1 amide bonds. The number of rotatable bonds is 6. The van der Waals surface area contributed by atoms with Gasteiger partial charge < -0.3 is 9.47 Å². The van der Waals surface area contributed by atoms with Gasteiger partial charge in [0, 0.05) is 17.3 Å². The second-order valence-corrected chi connectivity index (χ2v) is 5.02. The van der Waals surface area contributed by atoms with Crippen molar-refractivity contribution in [2.24, 2.45) is 5.10 Å². The Labute approximate surface area is 134 Å². The molecule has 0 aliphatic heterocycles. The van der Waals surface area contributed by atoms with Gasteiger partial charge in [0.25, 0.3) is 5.91 Å². The summed E-state index contributed by atoms with van der Waals surface area (Å²) in [5.41, 5.74) is 5.04. The van der Waals surface area contributed by atoms with Gasteiger partial charge in [-0.25, -0.2) is 5.43 Å². The van der Waals surface area contributed by atoms with Gasteiger partial charge in [-0.1, -0.05) is 0 Å². The average Bonchev–Trinajstić information content (AvgIpc) is 2.84. The Hall–Kier alpha value is -2.83. The Morgan fingerprint density at radius 3 is 2.39 bits per heavy atom. The highest BCUT2D eigenvalue weighted by Crippen LogP contribution is 2.21. The number of carbonyl (C=O) groups excluding carboxylic acids is 1. The number of aromatic nitrogens is 2. The van der Waals surface area contributed by atoms with Crippen molar-refractivity contribution in [3.8, 4) is 11.5 Å². The van der Waals surface area contributed by atoms with Gasteiger partial charge in [-0.15, -0.1) is 0 Å². The molecule has 1 heterocycles. The van der Waals surface area contributed by atoms with Gasteiger partial charge in [0.2, 0.25) is 0 Å². The summed E-state index contributed by atoms with van der Waals surface area (Å²) >= 11 is 0. The third kappa shape index (κ3) is 4.57. The van der Waals surface area contributed by atoms with Crippen LogP contribution in [-0.4, -0.2) is 36.1 Å². The first kappa shape index (κ1) is 16.5. The topological polar surface area (TPSA) is 77.7 Å². The van der Waals surface area contributed by atoms with E-state index in [1.807, 2.05) is 19.9 Å². The lowest BCUT2D eigenvalue weighted by Crippen LogP contribution is -2.24. The fourth-order valence-electron chi connectivity index (χ4n) is 2.09. The third-order valence-corrected chi connectivity index (χ3v) is 3.17. The number of aryl methyl sites for hydroxylation is 2. The average molecular weight is 316 g/mol. The van der Waals surface area contributed by atoms with Crippen molar-refractivity contribution in [1.29, 1.82) is 0 Å². The molecular formula is C16H20N4O3. The van der Waals surface area contributed by atoms with Crippen LogP contribution in [0.15, 0.2) is 29.4 Å². The van der Waals surface area contributed by atoms with Crippen molar-refractivity contribution in [2.45, 2.75) is 20.4 Å². The Balaban J connectivity index is 1.98. The van der Waals surface area contributed by atoms with E-state index in [0.29, 0.717) is 11.5 Å². The highest BCUT2D eigenvalue weighted by atomic mass is 16.5. The zero-order chi connectivity index (χ0) is 16.8. The molecule has 0 unspecified atom stereocenters. The van der Waals surface area contributed by atoms with Gasteiger partial charge in [0.1, 0.15) is 18.0 Å². The minimum atomic E-state index is -0.248. The molecule has 0 aliphatic rings. The maximum absolute atomic E-state index is 11.9. The molecular weight excluding hydrogens is 296 g/mol. The summed E-state index contributed by atoms with van der Waals surface area (Å²) in [5, 5.41) is 8.18. The van der Waals surface area contributed by atoms with E-state index in [1.54, 1.807) is 37.1 Å². The molecule has 1 aromatic heterocycles. The summed E-state index contributed by atoms with van der Waals surface area (Å²) in [6, 6.07) is 7.26. The van der Waals surface area contributed by atoms with Gasteiger partial charge in [-0.2, -0.15) is 10.2 Å². The number of hydrazone groups is 1. The minimum absolute atomic E-state index is 0.123. The van der Waals surface area contributed by atoms with Crippen molar-refractivity contribution in [2.75, 3.05) is 14.2 Å². The standard InChI is InChI=1S/C16H20N4O3/c1-11-5-12(2)20(19-11)10-16(21)18-17-9-13-6-14(22-3)8-15(7-13)23-4/h5-9H,10H2,1-4H3,(H,18,21)/b17-9+. The zero-order valence-corrected chi connectivity index (χ0v) is 13.7. The van der Waals surface area contributed by atoms with Crippen LogP contribution in [0.4, 0.5) is 0 Å².